The van der Waals surface area contributed by atoms with Crippen LogP contribution in [0.25, 0.3) is 0 Å². The maximum absolute atomic E-state index is 12.1. The van der Waals surface area contributed by atoms with E-state index >= 15 is 0 Å². The summed E-state index contributed by atoms with van der Waals surface area (Å²) in [6, 6.07) is 9.08. The molecule has 3 N–H and O–H groups in total. The van der Waals surface area contributed by atoms with Crippen LogP contribution in [0.5, 0.6) is 0 Å². The third kappa shape index (κ3) is 3.54. The van der Waals surface area contributed by atoms with Crippen molar-refractivity contribution in [2.75, 3.05) is 5.73 Å². The summed E-state index contributed by atoms with van der Waals surface area (Å²) in [6.07, 6.45) is 3.17. The van der Waals surface area contributed by atoms with Crippen LogP contribution in [0.15, 0.2) is 47.2 Å². The first-order valence-electron chi connectivity index (χ1n) is 5.83. The first kappa shape index (κ1) is 13.5. The van der Waals surface area contributed by atoms with Crippen LogP contribution in [-0.4, -0.2) is 10.9 Å². The largest absolute Gasteiger partial charge is 0.399 e. The fourth-order valence-electron chi connectivity index (χ4n) is 1.73. The van der Waals surface area contributed by atoms with Crippen LogP contribution in [0.2, 0.25) is 0 Å². The first-order chi connectivity index (χ1) is 9.06. The molecule has 2 rings (SSSR count). The number of nitrogens with zero attached hydrogens (tertiary/aromatic N) is 1. The van der Waals surface area contributed by atoms with Crippen molar-refractivity contribution < 1.29 is 4.79 Å². The van der Waals surface area contributed by atoms with Crippen molar-refractivity contribution >= 4 is 27.5 Å². The number of aromatic nitrogens is 1. The number of carbonyl (C=O) groups excluding carboxylic acids is 1. The highest BCUT2D eigenvalue weighted by atomic mass is 79.9. The quantitative estimate of drug-likeness (QED) is 0.855. The summed E-state index contributed by atoms with van der Waals surface area (Å²) in [5.74, 6) is -0.163. The minimum absolute atomic E-state index is 0.116. The van der Waals surface area contributed by atoms with Gasteiger partial charge in [-0.2, -0.15) is 0 Å². The molecule has 19 heavy (non-hydrogen) atoms. The molecule has 1 amide bonds. The average Bonchev–Trinajstić information content (AvgIpc) is 2.38. The second kappa shape index (κ2) is 5.84. The van der Waals surface area contributed by atoms with Crippen molar-refractivity contribution in [2.24, 2.45) is 0 Å². The van der Waals surface area contributed by atoms with Gasteiger partial charge in [-0.15, -0.1) is 0 Å². The monoisotopic (exact) mass is 319 g/mol. The number of amides is 1. The van der Waals surface area contributed by atoms with Crippen molar-refractivity contribution in [3.63, 3.8) is 0 Å². The topological polar surface area (TPSA) is 68.0 Å². The number of rotatable bonds is 3. The summed E-state index contributed by atoms with van der Waals surface area (Å²) in [5, 5.41) is 2.91. The number of halogens is 1. The van der Waals surface area contributed by atoms with Gasteiger partial charge >= 0.3 is 0 Å². The van der Waals surface area contributed by atoms with Crippen molar-refractivity contribution in [1.29, 1.82) is 0 Å². The summed E-state index contributed by atoms with van der Waals surface area (Å²) >= 11 is 3.29. The average molecular weight is 320 g/mol. The lowest BCUT2D eigenvalue weighted by atomic mass is 10.1. The highest BCUT2D eigenvalue weighted by Crippen LogP contribution is 2.16. The Morgan fingerprint density at radius 2 is 2.16 bits per heavy atom. The van der Waals surface area contributed by atoms with E-state index in [1.165, 1.54) is 6.20 Å². The molecule has 1 heterocycles. The van der Waals surface area contributed by atoms with Crippen LogP contribution in [0.1, 0.15) is 28.9 Å². The Bertz CT molecular complexity index is 601. The number of nitrogens with one attached hydrogen (secondary N) is 1. The van der Waals surface area contributed by atoms with Gasteiger partial charge in [-0.05, 0) is 46.6 Å². The van der Waals surface area contributed by atoms with Gasteiger partial charge in [-0.3, -0.25) is 9.78 Å². The number of benzene rings is 1. The number of nitrogens with two attached hydrogens (primary N) is 1. The highest BCUT2D eigenvalue weighted by molar-refractivity contribution is 9.10. The molecule has 0 fully saturated rings. The second-order valence-electron chi connectivity index (χ2n) is 4.26. The Balaban J connectivity index is 2.11. The molecule has 0 aliphatic heterocycles. The molecule has 1 aromatic heterocycles. The molecule has 1 atom stereocenters. The molecule has 0 bridgehead atoms. The number of pyridine rings is 1. The molecule has 1 unspecified atom stereocenters. The number of hydrogen-bond acceptors (Lipinski definition) is 3. The third-order valence-electron chi connectivity index (χ3n) is 2.73. The van der Waals surface area contributed by atoms with Gasteiger partial charge in [0.2, 0.25) is 0 Å². The summed E-state index contributed by atoms with van der Waals surface area (Å²) in [6.45, 7) is 1.91. The zero-order chi connectivity index (χ0) is 13.8. The van der Waals surface area contributed by atoms with Gasteiger partial charge in [0, 0.05) is 22.6 Å². The molecule has 1 aromatic carbocycles. The number of carbonyl (C=O) groups is 1. The van der Waals surface area contributed by atoms with E-state index in [4.69, 9.17) is 5.73 Å². The van der Waals surface area contributed by atoms with E-state index in [0.717, 1.165) is 10.0 Å². The van der Waals surface area contributed by atoms with Gasteiger partial charge in [0.1, 0.15) is 0 Å². The number of nitrogen functional groups attached to an aromatic ring is 1. The predicted octanol–water partition coefficient (Wildman–Crippen LogP) is 2.92. The van der Waals surface area contributed by atoms with Crippen molar-refractivity contribution in [2.45, 2.75) is 13.0 Å². The molecule has 0 aliphatic rings. The van der Waals surface area contributed by atoms with Crippen LogP contribution >= 0.6 is 15.9 Å². The normalized spacial score (nSPS) is 11.9. The summed E-state index contributed by atoms with van der Waals surface area (Å²) < 4.78 is 0.775. The van der Waals surface area contributed by atoms with E-state index in [-0.39, 0.29) is 11.9 Å². The smallest absolute Gasteiger partial charge is 0.253 e. The zero-order valence-electron chi connectivity index (χ0n) is 10.4. The first-order valence-corrected chi connectivity index (χ1v) is 6.62. The molecule has 0 aliphatic carbocycles. The predicted molar refractivity (Wildman–Crippen MR) is 78.7 cm³/mol. The van der Waals surface area contributed by atoms with Gasteiger partial charge in [-0.25, -0.2) is 0 Å². The van der Waals surface area contributed by atoms with Gasteiger partial charge in [0.25, 0.3) is 5.91 Å². The van der Waals surface area contributed by atoms with Crippen LogP contribution in [-0.2, 0) is 0 Å². The number of anilines is 1. The Kier molecular flexibility index (Phi) is 4.16. The fourth-order valence-corrected chi connectivity index (χ4v) is 2.09. The molecule has 0 radical (unpaired) electrons. The second-order valence-corrected chi connectivity index (χ2v) is 5.17. The van der Waals surface area contributed by atoms with Crippen LogP contribution in [0.3, 0.4) is 0 Å². The van der Waals surface area contributed by atoms with Crippen LogP contribution in [0.4, 0.5) is 5.69 Å². The van der Waals surface area contributed by atoms with E-state index < -0.39 is 0 Å². The van der Waals surface area contributed by atoms with Crippen molar-refractivity contribution in [3.8, 4) is 0 Å². The molecule has 0 saturated carbocycles. The fraction of sp³-hybridized carbons (Fsp3) is 0.143. The van der Waals surface area contributed by atoms with Crippen LogP contribution < -0.4 is 11.1 Å². The lowest BCUT2D eigenvalue weighted by molar-refractivity contribution is 0.0939. The minimum atomic E-state index is -0.163. The molecule has 98 valence electrons. The van der Waals surface area contributed by atoms with Gasteiger partial charge in [-0.1, -0.05) is 12.1 Å². The van der Waals surface area contributed by atoms with E-state index in [1.807, 2.05) is 31.2 Å². The Morgan fingerprint density at radius 3 is 2.84 bits per heavy atom. The Labute approximate surface area is 120 Å². The molecule has 0 saturated heterocycles. The summed E-state index contributed by atoms with van der Waals surface area (Å²) in [7, 11) is 0. The van der Waals surface area contributed by atoms with Gasteiger partial charge in [0.05, 0.1) is 11.6 Å². The Morgan fingerprint density at radius 1 is 1.37 bits per heavy atom. The van der Waals surface area contributed by atoms with E-state index in [0.29, 0.717) is 11.3 Å². The van der Waals surface area contributed by atoms with E-state index in [1.54, 1.807) is 12.3 Å². The zero-order valence-corrected chi connectivity index (χ0v) is 12.0. The van der Waals surface area contributed by atoms with Crippen molar-refractivity contribution in [3.05, 3.63) is 58.3 Å². The number of hydrogen-bond donors (Lipinski definition) is 2. The molecule has 5 heteroatoms. The lowest BCUT2D eigenvalue weighted by Gasteiger charge is -2.14. The lowest BCUT2D eigenvalue weighted by Crippen LogP contribution is -2.26. The molecule has 0 spiro atoms. The summed E-state index contributed by atoms with van der Waals surface area (Å²) in [5.41, 5.74) is 7.90. The third-order valence-corrected chi connectivity index (χ3v) is 3.16. The van der Waals surface area contributed by atoms with Crippen molar-refractivity contribution in [1.82, 2.24) is 10.3 Å². The summed E-state index contributed by atoms with van der Waals surface area (Å²) in [4.78, 5) is 16.0. The minimum Gasteiger partial charge on any atom is -0.399 e. The molecular formula is C14H14BrN3O. The standard InChI is InChI=1S/C14H14BrN3O/c1-9(10-3-2-4-13(16)6-10)18-14(19)11-5-12(15)8-17-7-11/h2-9H,16H2,1H3,(H,18,19). The SMILES string of the molecule is CC(NC(=O)c1cncc(Br)c1)c1cccc(N)c1. The molecule has 4 nitrogen and oxygen atoms in total. The maximum atomic E-state index is 12.1. The molecule has 2 aromatic rings. The highest BCUT2D eigenvalue weighted by Gasteiger charge is 2.12. The van der Waals surface area contributed by atoms with E-state index in [9.17, 15) is 4.79 Å². The maximum Gasteiger partial charge on any atom is 0.253 e. The van der Waals surface area contributed by atoms with Crippen LogP contribution in [0, 0.1) is 0 Å². The van der Waals surface area contributed by atoms with Gasteiger partial charge in [0.15, 0.2) is 0 Å². The van der Waals surface area contributed by atoms with E-state index in [2.05, 4.69) is 26.2 Å². The van der Waals surface area contributed by atoms with Gasteiger partial charge < -0.3 is 11.1 Å². The Hall–Kier alpha value is -1.88. The molecular weight excluding hydrogens is 306 g/mol.